The number of nitrogens with zero attached hydrogens (tertiary/aromatic N) is 1. The number of benzene rings is 1. The Morgan fingerprint density at radius 1 is 1.17 bits per heavy atom. The maximum absolute atomic E-state index is 12.3. The van der Waals surface area contributed by atoms with Gasteiger partial charge in [0, 0.05) is 25.7 Å². The zero-order valence-corrected chi connectivity index (χ0v) is 16.3. The standard InChI is InChI=1S/C16H24F3N3O.HI/c1-3-4-7-10-21-15(20-2)22-11-13-8-5-6-9-14(13)23-12-16(17,18)19;/h5-6,8-9H,3-4,7,10-12H2,1-2H3,(H2,20,21,22);1H. The van der Waals surface area contributed by atoms with Crippen LogP contribution < -0.4 is 15.4 Å². The Kier molecular flexibility index (Phi) is 11.6. The predicted molar refractivity (Wildman–Crippen MR) is 101 cm³/mol. The van der Waals surface area contributed by atoms with Crippen molar-refractivity contribution in [3.63, 3.8) is 0 Å². The summed E-state index contributed by atoms with van der Waals surface area (Å²) in [5.41, 5.74) is 0.647. The van der Waals surface area contributed by atoms with Crippen molar-refractivity contribution in [1.29, 1.82) is 0 Å². The van der Waals surface area contributed by atoms with Crippen LogP contribution in [0.1, 0.15) is 31.7 Å². The lowest BCUT2D eigenvalue weighted by atomic mass is 10.2. The molecule has 0 heterocycles. The van der Waals surface area contributed by atoms with E-state index in [4.69, 9.17) is 4.74 Å². The van der Waals surface area contributed by atoms with Crippen molar-refractivity contribution in [2.75, 3.05) is 20.2 Å². The Bertz CT molecular complexity index is 496. The van der Waals surface area contributed by atoms with E-state index in [9.17, 15) is 13.2 Å². The van der Waals surface area contributed by atoms with Crippen LogP contribution in [0.5, 0.6) is 5.75 Å². The van der Waals surface area contributed by atoms with E-state index in [2.05, 4.69) is 22.5 Å². The molecule has 0 atom stereocenters. The number of guanidine groups is 1. The monoisotopic (exact) mass is 459 g/mol. The molecule has 1 aromatic carbocycles. The van der Waals surface area contributed by atoms with Crippen molar-refractivity contribution >= 4 is 29.9 Å². The molecule has 1 rings (SSSR count). The molecule has 0 aliphatic rings. The van der Waals surface area contributed by atoms with E-state index in [0.717, 1.165) is 25.8 Å². The van der Waals surface area contributed by atoms with Gasteiger partial charge in [-0.15, -0.1) is 24.0 Å². The van der Waals surface area contributed by atoms with E-state index in [-0.39, 0.29) is 29.7 Å². The summed E-state index contributed by atoms with van der Waals surface area (Å²) in [5, 5.41) is 6.25. The Labute approximate surface area is 158 Å². The molecular formula is C16H25F3IN3O. The van der Waals surface area contributed by atoms with Crippen LogP contribution in [0, 0.1) is 0 Å². The van der Waals surface area contributed by atoms with Gasteiger partial charge in [-0.1, -0.05) is 38.0 Å². The molecule has 0 bridgehead atoms. The fourth-order valence-electron chi connectivity index (χ4n) is 1.93. The first-order valence-corrected chi connectivity index (χ1v) is 7.68. The summed E-state index contributed by atoms with van der Waals surface area (Å²) in [6.45, 7) is 1.97. The molecule has 1 aromatic rings. The summed E-state index contributed by atoms with van der Waals surface area (Å²) >= 11 is 0. The molecule has 0 amide bonds. The number of halogens is 4. The van der Waals surface area contributed by atoms with Gasteiger partial charge >= 0.3 is 6.18 Å². The zero-order chi connectivity index (χ0) is 17.1. The summed E-state index contributed by atoms with van der Waals surface area (Å²) in [6, 6.07) is 6.66. The van der Waals surface area contributed by atoms with Crippen LogP contribution in [0.3, 0.4) is 0 Å². The van der Waals surface area contributed by atoms with E-state index in [1.807, 2.05) is 0 Å². The molecule has 138 valence electrons. The van der Waals surface area contributed by atoms with Crippen LogP contribution in [0.2, 0.25) is 0 Å². The first-order chi connectivity index (χ1) is 11.0. The van der Waals surface area contributed by atoms with Gasteiger partial charge in [-0.2, -0.15) is 13.2 Å². The fraction of sp³-hybridized carbons (Fsp3) is 0.562. The Hall–Kier alpha value is -1.19. The maximum atomic E-state index is 12.3. The topological polar surface area (TPSA) is 45.7 Å². The van der Waals surface area contributed by atoms with Crippen LogP contribution in [-0.4, -0.2) is 32.3 Å². The number of hydrogen-bond acceptors (Lipinski definition) is 2. The average Bonchev–Trinajstić information content (AvgIpc) is 2.52. The third kappa shape index (κ3) is 9.84. The molecule has 2 N–H and O–H groups in total. The second-order valence-corrected chi connectivity index (χ2v) is 5.07. The molecule has 24 heavy (non-hydrogen) atoms. The lowest BCUT2D eigenvalue weighted by Gasteiger charge is -2.15. The van der Waals surface area contributed by atoms with Crippen LogP contribution in [0.25, 0.3) is 0 Å². The summed E-state index contributed by atoms with van der Waals surface area (Å²) in [7, 11) is 1.65. The van der Waals surface area contributed by atoms with Crippen LogP contribution in [0.15, 0.2) is 29.3 Å². The summed E-state index contributed by atoms with van der Waals surface area (Å²) in [6.07, 6.45) is -1.03. The van der Waals surface area contributed by atoms with E-state index in [1.54, 1.807) is 25.2 Å². The molecular weight excluding hydrogens is 434 g/mol. The summed E-state index contributed by atoms with van der Waals surface area (Å²) < 4.78 is 41.7. The fourth-order valence-corrected chi connectivity index (χ4v) is 1.93. The van der Waals surface area contributed by atoms with E-state index in [0.29, 0.717) is 18.1 Å². The lowest BCUT2D eigenvalue weighted by molar-refractivity contribution is -0.153. The number of unbranched alkanes of at least 4 members (excludes halogenated alkanes) is 2. The first kappa shape index (κ1) is 22.8. The number of alkyl halides is 3. The first-order valence-electron chi connectivity index (χ1n) is 7.68. The SMILES string of the molecule is CCCCCNC(=NC)NCc1ccccc1OCC(F)(F)F.I. The number of nitrogens with one attached hydrogen (secondary N) is 2. The molecule has 0 saturated heterocycles. The lowest BCUT2D eigenvalue weighted by Crippen LogP contribution is -2.37. The van der Waals surface area contributed by atoms with Gasteiger partial charge in [-0.3, -0.25) is 4.99 Å². The highest BCUT2D eigenvalue weighted by Crippen LogP contribution is 2.21. The van der Waals surface area contributed by atoms with E-state index < -0.39 is 12.8 Å². The van der Waals surface area contributed by atoms with Crippen LogP contribution in [0.4, 0.5) is 13.2 Å². The van der Waals surface area contributed by atoms with Crippen LogP contribution >= 0.6 is 24.0 Å². The normalized spacial score (nSPS) is 11.6. The molecule has 0 saturated carbocycles. The molecule has 0 spiro atoms. The highest BCUT2D eigenvalue weighted by molar-refractivity contribution is 14.0. The summed E-state index contributed by atoms with van der Waals surface area (Å²) in [4.78, 5) is 4.09. The van der Waals surface area contributed by atoms with Gasteiger partial charge < -0.3 is 15.4 Å². The van der Waals surface area contributed by atoms with E-state index in [1.165, 1.54) is 6.07 Å². The zero-order valence-electron chi connectivity index (χ0n) is 13.9. The minimum atomic E-state index is -4.35. The van der Waals surface area contributed by atoms with Crippen molar-refractivity contribution in [3.8, 4) is 5.75 Å². The highest BCUT2D eigenvalue weighted by Gasteiger charge is 2.28. The molecule has 0 radical (unpaired) electrons. The van der Waals surface area contributed by atoms with Gasteiger partial charge in [0.15, 0.2) is 12.6 Å². The van der Waals surface area contributed by atoms with Crippen molar-refractivity contribution in [3.05, 3.63) is 29.8 Å². The van der Waals surface area contributed by atoms with Crippen molar-refractivity contribution in [1.82, 2.24) is 10.6 Å². The Morgan fingerprint density at radius 3 is 2.50 bits per heavy atom. The average molecular weight is 459 g/mol. The quantitative estimate of drug-likeness (QED) is 0.266. The van der Waals surface area contributed by atoms with Gasteiger partial charge in [0.25, 0.3) is 0 Å². The third-order valence-electron chi connectivity index (χ3n) is 3.11. The summed E-state index contributed by atoms with van der Waals surface area (Å²) in [5.74, 6) is 0.838. The Balaban J connectivity index is 0.00000529. The molecule has 4 nitrogen and oxygen atoms in total. The minimum absolute atomic E-state index is 0. The number of ether oxygens (including phenoxy) is 1. The van der Waals surface area contributed by atoms with Crippen LogP contribution in [-0.2, 0) is 6.54 Å². The molecule has 0 unspecified atom stereocenters. The number of rotatable bonds is 8. The number of aliphatic imine (C=N–C) groups is 1. The van der Waals surface area contributed by atoms with E-state index >= 15 is 0 Å². The van der Waals surface area contributed by atoms with Gasteiger partial charge in [0.05, 0.1) is 0 Å². The number of para-hydroxylation sites is 1. The predicted octanol–water partition coefficient (Wildman–Crippen LogP) is 4.10. The molecule has 0 aromatic heterocycles. The minimum Gasteiger partial charge on any atom is -0.484 e. The van der Waals surface area contributed by atoms with Crippen molar-refractivity contribution in [2.45, 2.75) is 38.9 Å². The smallest absolute Gasteiger partial charge is 0.422 e. The van der Waals surface area contributed by atoms with Gasteiger partial charge in [0.2, 0.25) is 0 Å². The van der Waals surface area contributed by atoms with Crippen molar-refractivity contribution < 1.29 is 17.9 Å². The second-order valence-electron chi connectivity index (χ2n) is 5.07. The second kappa shape index (κ2) is 12.2. The number of hydrogen-bond donors (Lipinski definition) is 2. The van der Waals surface area contributed by atoms with Crippen molar-refractivity contribution in [2.24, 2.45) is 4.99 Å². The third-order valence-corrected chi connectivity index (χ3v) is 3.11. The Morgan fingerprint density at radius 2 is 1.88 bits per heavy atom. The molecule has 0 aliphatic heterocycles. The molecule has 8 heteroatoms. The maximum Gasteiger partial charge on any atom is 0.422 e. The molecule has 0 fully saturated rings. The highest BCUT2D eigenvalue weighted by atomic mass is 127. The van der Waals surface area contributed by atoms with Gasteiger partial charge in [0.1, 0.15) is 5.75 Å². The largest absolute Gasteiger partial charge is 0.484 e. The van der Waals surface area contributed by atoms with Gasteiger partial charge in [-0.05, 0) is 12.5 Å². The molecule has 0 aliphatic carbocycles. The van der Waals surface area contributed by atoms with Gasteiger partial charge in [-0.25, -0.2) is 0 Å².